The zero-order valence-electron chi connectivity index (χ0n) is 4.78. The Labute approximate surface area is 58.6 Å². The first-order valence-electron chi connectivity index (χ1n) is 2.29. The van der Waals surface area contributed by atoms with Gasteiger partial charge in [0, 0.05) is 12.3 Å². The fraction of sp³-hybridized carbons (Fsp3) is 1.00. The van der Waals surface area contributed by atoms with Crippen molar-refractivity contribution in [1.29, 1.82) is 0 Å². The number of rotatable bonds is 4. The normalized spacial score (nSPS) is 11.8. The predicted octanol–water partition coefficient (Wildman–Crippen LogP) is -0.476. The van der Waals surface area contributed by atoms with E-state index in [0.717, 1.165) is 11.8 Å². The second-order valence-electron chi connectivity index (χ2n) is 1.40. The van der Waals surface area contributed by atoms with E-state index in [4.69, 9.17) is 10.3 Å². The molecule has 0 atom stereocenters. The summed E-state index contributed by atoms with van der Waals surface area (Å²) in [5, 5.41) is -0.260. The second kappa shape index (κ2) is 4.10. The van der Waals surface area contributed by atoms with E-state index in [9.17, 15) is 8.42 Å². The molecule has 0 aliphatic carbocycles. The Bertz CT molecular complexity index is 152. The first-order valence-corrected chi connectivity index (χ1v) is 5.05. The highest BCUT2D eigenvalue weighted by Gasteiger charge is 2.01. The summed E-state index contributed by atoms with van der Waals surface area (Å²) in [5.74, 6) is 0.555. The van der Waals surface area contributed by atoms with Crippen molar-refractivity contribution < 1.29 is 13.0 Å². The van der Waals surface area contributed by atoms with Crippen LogP contribution in [-0.2, 0) is 10.1 Å². The van der Waals surface area contributed by atoms with Crippen molar-refractivity contribution in [3.8, 4) is 0 Å². The number of nitrogens with two attached hydrogens (primary N) is 1. The molecule has 0 fully saturated rings. The van der Waals surface area contributed by atoms with Gasteiger partial charge in [0.15, 0.2) is 0 Å². The van der Waals surface area contributed by atoms with Crippen molar-refractivity contribution in [2.75, 3.05) is 17.4 Å². The first kappa shape index (κ1) is 9.22. The van der Waals surface area contributed by atoms with E-state index in [1.165, 1.54) is 0 Å². The molecule has 0 aromatic heterocycles. The molecule has 0 radical (unpaired) electrons. The number of hydrogen-bond acceptors (Lipinski definition) is 4. The lowest BCUT2D eigenvalue weighted by atomic mass is 10.8. The molecule has 3 N–H and O–H groups in total. The summed E-state index contributed by atoms with van der Waals surface area (Å²) < 4.78 is 28.2. The lowest BCUT2D eigenvalue weighted by Crippen LogP contribution is -2.06. The van der Waals surface area contributed by atoms with Crippen LogP contribution in [0.5, 0.6) is 0 Å². The average Bonchev–Trinajstić information content (AvgIpc) is 1.63. The summed E-state index contributed by atoms with van der Waals surface area (Å²) in [6.07, 6.45) is 0. The van der Waals surface area contributed by atoms with Gasteiger partial charge in [-0.1, -0.05) is 0 Å². The van der Waals surface area contributed by atoms with Gasteiger partial charge in [-0.2, -0.15) is 8.42 Å². The summed E-state index contributed by atoms with van der Waals surface area (Å²) in [5.41, 5.74) is 5.06. The van der Waals surface area contributed by atoms with E-state index in [2.05, 4.69) is 0 Å². The summed E-state index contributed by atoms with van der Waals surface area (Å²) in [4.78, 5) is 0. The molecule has 0 aliphatic rings. The van der Waals surface area contributed by atoms with Gasteiger partial charge >= 0.3 is 0 Å². The third-order valence-corrected chi connectivity index (χ3v) is 2.88. The van der Waals surface area contributed by atoms with Crippen LogP contribution in [0.1, 0.15) is 0 Å². The molecule has 0 aromatic carbocycles. The molecule has 0 amide bonds. The van der Waals surface area contributed by atoms with Gasteiger partial charge in [0.25, 0.3) is 10.1 Å². The van der Waals surface area contributed by atoms with E-state index >= 15 is 0 Å². The second-order valence-corrected chi connectivity index (χ2v) is 4.32. The molecule has 0 aromatic rings. The standard InChI is InChI=1S/C3H9NO3S2/c4-1-2-8-3-9(5,6)7/h1-4H2,(H,5,6,7). The van der Waals surface area contributed by atoms with Gasteiger partial charge in [0.05, 0.1) is 0 Å². The zero-order valence-corrected chi connectivity index (χ0v) is 6.41. The van der Waals surface area contributed by atoms with E-state index in [1.54, 1.807) is 0 Å². The van der Waals surface area contributed by atoms with E-state index in [1.807, 2.05) is 0 Å². The zero-order chi connectivity index (χ0) is 7.33. The molecule has 0 aliphatic heterocycles. The maximum absolute atomic E-state index is 10.00. The van der Waals surface area contributed by atoms with E-state index < -0.39 is 10.1 Å². The van der Waals surface area contributed by atoms with Crippen LogP contribution < -0.4 is 5.73 Å². The maximum atomic E-state index is 10.00. The molecule has 0 heterocycles. The minimum atomic E-state index is -3.79. The molecule has 0 bridgehead atoms. The fourth-order valence-corrected chi connectivity index (χ4v) is 1.73. The van der Waals surface area contributed by atoms with Gasteiger partial charge in [0.2, 0.25) is 0 Å². The largest absolute Gasteiger partial charge is 0.330 e. The minimum absolute atomic E-state index is 0.260. The van der Waals surface area contributed by atoms with Crippen molar-refractivity contribution in [2.45, 2.75) is 0 Å². The molecule has 0 saturated heterocycles. The number of thioether (sulfide) groups is 1. The SMILES string of the molecule is NCCSCS(=O)(=O)O. The highest BCUT2D eigenvalue weighted by Crippen LogP contribution is 2.00. The Morgan fingerprint density at radius 1 is 1.56 bits per heavy atom. The third-order valence-electron chi connectivity index (χ3n) is 0.494. The lowest BCUT2D eigenvalue weighted by molar-refractivity contribution is 0.489. The fourth-order valence-electron chi connectivity index (χ4n) is 0.248. The summed E-state index contributed by atoms with van der Waals surface area (Å²) in [7, 11) is -3.79. The van der Waals surface area contributed by atoms with Crippen LogP contribution >= 0.6 is 11.8 Å². The van der Waals surface area contributed by atoms with Crippen molar-refractivity contribution >= 4 is 21.9 Å². The summed E-state index contributed by atoms with van der Waals surface area (Å²) in [6.45, 7) is 0.431. The van der Waals surface area contributed by atoms with Crippen molar-refractivity contribution in [2.24, 2.45) is 5.73 Å². The van der Waals surface area contributed by atoms with Crippen LogP contribution in [0.25, 0.3) is 0 Å². The minimum Gasteiger partial charge on any atom is -0.330 e. The predicted molar refractivity (Wildman–Crippen MR) is 37.9 cm³/mol. The van der Waals surface area contributed by atoms with E-state index in [0.29, 0.717) is 12.3 Å². The molecule has 0 saturated carbocycles. The van der Waals surface area contributed by atoms with Gasteiger partial charge in [0.1, 0.15) is 5.08 Å². The highest BCUT2D eigenvalue weighted by molar-refractivity contribution is 8.10. The van der Waals surface area contributed by atoms with Gasteiger partial charge in [-0.3, -0.25) is 4.55 Å². The molecular weight excluding hydrogens is 162 g/mol. The Morgan fingerprint density at radius 3 is 2.44 bits per heavy atom. The monoisotopic (exact) mass is 171 g/mol. The van der Waals surface area contributed by atoms with Crippen LogP contribution in [0.4, 0.5) is 0 Å². The lowest BCUT2D eigenvalue weighted by Gasteiger charge is -1.93. The van der Waals surface area contributed by atoms with Crippen LogP contribution in [0.2, 0.25) is 0 Å². The van der Waals surface area contributed by atoms with Crippen LogP contribution in [0.15, 0.2) is 0 Å². The first-order chi connectivity index (χ1) is 4.06. The van der Waals surface area contributed by atoms with Crippen molar-refractivity contribution in [3.63, 3.8) is 0 Å². The van der Waals surface area contributed by atoms with Gasteiger partial charge in [-0.05, 0) is 0 Å². The van der Waals surface area contributed by atoms with Crippen molar-refractivity contribution in [1.82, 2.24) is 0 Å². The topological polar surface area (TPSA) is 80.4 Å². The molecule has 0 spiro atoms. The van der Waals surface area contributed by atoms with Crippen LogP contribution in [-0.4, -0.2) is 30.4 Å². The highest BCUT2D eigenvalue weighted by atomic mass is 32.3. The van der Waals surface area contributed by atoms with Crippen LogP contribution in [0, 0.1) is 0 Å². The Hall–Kier alpha value is 0.220. The number of hydrogen-bond donors (Lipinski definition) is 2. The van der Waals surface area contributed by atoms with E-state index in [-0.39, 0.29) is 5.08 Å². The molecule has 4 nitrogen and oxygen atoms in total. The molecule has 6 heteroatoms. The molecule has 9 heavy (non-hydrogen) atoms. The Balaban J connectivity index is 3.30. The Kier molecular flexibility index (Phi) is 4.20. The van der Waals surface area contributed by atoms with Crippen LogP contribution in [0.3, 0.4) is 0 Å². The van der Waals surface area contributed by atoms with Gasteiger partial charge in [-0.25, -0.2) is 0 Å². The maximum Gasteiger partial charge on any atom is 0.274 e. The molecule has 0 rings (SSSR count). The summed E-state index contributed by atoms with van der Waals surface area (Å²) in [6, 6.07) is 0. The van der Waals surface area contributed by atoms with Gasteiger partial charge < -0.3 is 5.73 Å². The third kappa shape index (κ3) is 8.22. The molecule has 56 valence electrons. The van der Waals surface area contributed by atoms with Crippen molar-refractivity contribution in [3.05, 3.63) is 0 Å². The Morgan fingerprint density at radius 2 is 2.11 bits per heavy atom. The quantitative estimate of drug-likeness (QED) is 0.441. The smallest absolute Gasteiger partial charge is 0.274 e. The van der Waals surface area contributed by atoms with Gasteiger partial charge in [-0.15, -0.1) is 11.8 Å². The average molecular weight is 171 g/mol. The molecule has 0 unspecified atom stereocenters. The summed E-state index contributed by atoms with van der Waals surface area (Å²) >= 11 is 1.10. The molecular formula is C3H9NO3S2.